The van der Waals surface area contributed by atoms with Gasteiger partial charge in [0.05, 0.1) is 10.7 Å². The smallest absolute Gasteiger partial charge is 0.422 e. The number of alkyl halides is 3. The van der Waals surface area contributed by atoms with Gasteiger partial charge in [0.15, 0.2) is 18.1 Å². The fraction of sp³-hybridized carbons (Fsp3) is 0.455. The molecule has 3 nitrogen and oxygen atoms in total. The number of methoxy groups -OCH3 is 1. The largest absolute Gasteiger partial charge is 0.493 e. The number of hydrogen-bond donors (Lipinski definition) is 1. The first-order chi connectivity index (χ1) is 8.37. The van der Waals surface area contributed by atoms with Crippen molar-refractivity contribution in [3.63, 3.8) is 0 Å². The number of nitrogens with one attached hydrogen (secondary N) is 1. The summed E-state index contributed by atoms with van der Waals surface area (Å²) in [7, 11) is 3.18. The zero-order valence-electron chi connectivity index (χ0n) is 9.90. The fourth-order valence-electron chi connectivity index (χ4n) is 1.37. The summed E-state index contributed by atoms with van der Waals surface area (Å²) in [6.45, 7) is -0.726. The van der Waals surface area contributed by atoms with Gasteiger partial charge in [0, 0.05) is 6.54 Å². The summed E-state index contributed by atoms with van der Waals surface area (Å²) in [6.07, 6.45) is -4.36. The predicted molar refractivity (Wildman–Crippen MR) is 70.0 cm³/mol. The predicted octanol–water partition coefficient (Wildman–Crippen LogP) is 2.96. The summed E-state index contributed by atoms with van der Waals surface area (Å²) < 4.78 is 46.8. The molecule has 0 unspecified atom stereocenters. The summed E-state index contributed by atoms with van der Waals surface area (Å²) in [5.41, 5.74) is 0.915. The van der Waals surface area contributed by atoms with E-state index in [9.17, 15) is 13.2 Å². The SMILES string of the molecule is CNCc1cc(I)c(OCC(F)(F)F)c(OC)c1. The third-order valence-electron chi connectivity index (χ3n) is 2.05. The Balaban J connectivity index is 2.96. The highest BCUT2D eigenvalue weighted by atomic mass is 127. The van der Waals surface area contributed by atoms with Crippen molar-refractivity contribution in [1.82, 2.24) is 5.32 Å². The number of halogens is 4. The van der Waals surface area contributed by atoms with Gasteiger partial charge in [0.1, 0.15) is 0 Å². The van der Waals surface area contributed by atoms with E-state index in [0.29, 0.717) is 15.9 Å². The van der Waals surface area contributed by atoms with Crippen LogP contribution >= 0.6 is 22.6 Å². The van der Waals surface area contributed by atoms with Gasteiger partial charge < -0.3 is 14.8 Å². The molecule has 1 aromatic rings. The van der Waals surface area contributed by atoms with Gasteiger partial charge in [-0.3, -0.25) is 0 Å². The summed E-state index contributed by atoms with van der Waals surface area (Å²) in [5, 5.41) is 2.96. The lowest BCUT2D eigenvalue weighted by Gasteiger charge is -2.15. The first kappa shape index (κ1) is 15.4. The van der Waals surface area contributed by atoms with E-state index in [2.05, 4.69) is 5.32 Å². The fourth-order valence-corrected chi connectivity index (χ4v) is 2.19. The Morgan fingerprint density at radius 1 is 1.33 bits per heavy atom. The van der Waals surface area contributed by atoms with Crippen molar-refractivity contribution in [2.75, 3.05) is 20.8 Å². The van der Waals surface area contributed by atoms with E-state index in [-0.39, 0.29) is 5.75 Å². The summed E-state index contributed by atoms with van der Waals surface area (Å²) in [6, 6.07) is 3.41. The molecule has 0 atom stereocenters. The Bertz CT molecular complexity index is 410. The van der Waals surface area contributed by atoms with Crippen LogP contribution in [-0.4, -0.2) is 26.9 Å². The Labute approximate surface area is 117 Å². The van der Waals surface area contributed by atoms with E-state index in [4.69, 9.17) is 9.47 Å². The van der Waals surface area contributed by atoms with Crippen molar-refractivity contribution in [2.45, 2.75) is 12.7 Å². The van der Waals surface area contributed by atoms with Gasteiger partial charge >= 0.3 is 6.18 Å². The van der Waals surface area contributed by atoms with Crippen LogP contribution < -0.4 is 14.8 Å². The number of ether oxygens (including phenoxy) is 2. The monoisotopic (exact) mass is 375 g/mol. The lowest BCUT2D eigenvalue weighted by Crippen LogP contribution is -2.20. The van der Waals surface area contributed by atoms with Crippen LogP contribution in [0.15, 0.2) is 12.1 Å². The first-order valence-corrected chi connectivity index (χ1v) is 6.16. The van der Waals surface area contributed by atoms with Crippen molar-refractivity contribution >= 4 is 22.6 Å². The van der Waals surface area contributed by atoms with Crippen LogP contribution in [0, 0.1) is 3.57 Å². The van der Waals surface area contributed by atoms with Gasteiger partial charge in [-0.2, -0.15) is 13.2 Å². The molecule has 0 aliphatic carbocycles. The quantitative estimate of drug-likeness (QED) is 0.803. The van der Waals surface area contributed by atoms with Crippen molar-refractivity contribution in [2.24, 2.45) is 0 Å². The van der Waals surface area contributed by atoms with E-state index in [0.717, 1.165) is 5.56 Å². The van der Waals surface area contributed by atoms with Gasteiger partial charge in [0.2, 0.25) is 0 Å². The highest BCUT2D eigenvalue weighted by Crippen LogP contribution is 2.35. The molecule has 0 aliphatic heterocycles. The van der Waals surface area contributed by atoms with Gasteiger partial charge in [-0.05, 0) is 47.3 Å². The van der Waals surface area contributed by atoms with Crippen LogP contribution in [0.3, 0.4) is 0 Å². The molecule has 1 N–H and O–H groups in total. The minimum absolute atomic E-state index is 0.121. The van der Waals surface area contributed by atoms with Crippen LogP contribution in [0.2, 0.25) is 0 Å². The molecule has 1 rings (SSSR count). The third-order valence-corrected chi connectivity index (χ3v) is 2.85. The first-order valence-electron chi connectivity index (χ1n) is 5.08. The molecule has 0 aliphatic rings. The minimum Gasteiger partial charge on any atom is -0.493 e. The molecule has 102 valence electrons. The second-order valence-corrected chi connectivity index (χ2v) is 4.71. The molecule has 1 aromatic carbocycles. The molecule has 0 heterocycles. The number of hydrogen-bond acceptors (Lipinski definition) is 3. The Kier molecular flexibility index (Phi) is 5.51. The maximum absolute atomic E-state index is 12.1. The topological polar surface area (TPSA) is 30.5 Å². The number of benzene rings is 1. The van der Waals surface area contributed by atoms with E-state index < -0.39 is 12.8 Å². The van der Waals surface area contributed by atoms with E-state index in [1.54, 1.807) is 19.2 Å². The molecule has 0 spiro atoms. The second kappa shape index (κ2) is 6.46. The van der Waals surface area contributed by atoms with E-state index >= 15 is 0 Å². The second-order valence-electron chi connectivity index (χ2n) is 3.54. The van der Waals surface area contributed by atoms with Gasteiger partial charge in [-0.1, -0.05) is 0 Å². The summed E-state index contributed by atoms with van der Waals surface area (Å²) in [4.78, 5) is 0. The highest BCUT2D eigenvalue weighted by Gasteiger charge is 2.29. The Hall–Kier alpha value is -0.700. The standard InChI is InChI=1S/C11H13F3INO2/c1-16-5-7-3-8(15)10(9(4-7)17-2)18-6-11(12,13)14/h3-4,16H,5-6H2,1-2H3. The van der Waals surface area contributed by atoms with Crippen molar-refractivity contribution in [1.29, 1.82) is 0 Å². The molecule has 0 saturated carbocycles. The van der Waals surface area contributed by atoms with Crippen LogP contribution in [0.1, 0.15) is 5.56 Å². The summed E-state index contributed by atoms with van der Waals surface area (Å²) in [5.74, 6) is 0.423. The van der Waals surface area contributed by atoms with E-state index in [1.165, 1.54) is 7.11 Å². The van der Waals surface area contributed by atoms with E-state index in [1.807, 2.05) is 22.6 Å². The third kappa shape index (κ3) is 4.52. The average Bonchev–Trinajstić information content (AvgIpc) is 2.26. The zero-order chi connectivity index (χ0) is 13.8. The molecule has 0 amide bonds. The van der Waals surface area contributed by atoms with Crippen LogP contribution in [0.4, 0.5) is 13.2 Å². The lowest BCUT2D eigenvalue weighted by molar-refractivity contribution is -0.153. The number of rotatable bonds is 5. The van der Waals surface area contributed by atoms with Crippen molar-refractivity contribution in [3.8, 4) is 11.5 Å². The van der Waals surface area contributed by atoms with Crippen molar-refractivity contribution < 1.29 is 22.6 Å². The van der Waals surface area contributed by atoms with Crippen LogP contribution in [0.5, 0.6) is 11.5 Å². The maximum Gasteiger partial charge on any atom is 0.422 e. The molecule has 0 bridgehead atoms. The highest BCUT2D eigenvalue weighted by molar-refractivity contribution is 14.1. The summed E-state index contributed by atoms with van der Waals surface area (Å²) >= 11 is 1.93. The molecule has 0 saturated heterocycles. The molecule has 0 fully saturated rings. The molecule has 0 radical (unpaired) electrons. The normalized spacial score (nSPS) is 11.4. The van der Waals surface area contributed by atoms with Crippen LogP contribution in [-0.2, 0) is 6.54 Å². The van der Waals surface area contributed by atoms with Crippen LogP contribution in [0.25, 0.3) is 0 Å². The van der Waals surface area contributed by atoms with Gasteiger partial charge in [-0.25, -0.2) is 0 Å². The molecule has 7 heteroatoms. The zero-order valence-corrected chi connectivity index (χ0v) is 12.1. The lowest BCUT2D eigenvalue weighted by atomic mass is 10.2. The molecular weight excluding hydrogens is 362 g/mol. The molecule has 18 heavy (non-hydrogen) atoms. The minimum atomic E-state index is -4.36. The Morgan fingerprint density at radius 2 is 2.00 bits per heavy atom. The van der Waals surface area contributed by atoms with Gasteiger partial charge in [-0.15, -0.1) is 0 Å². The molecule has 0 aromatic heterocycles. The average molecular weight is 375 g/mol. The molecular formula is C11H13F3INO2. The maximum atomic E-state index is 12.1. The van der Waals surface area contributed by atoms with Crippen molar-refractivity contribution in [3.05, 3.63) is 21.3 Å². The Morgan fingerprint density at radius 3 is 2.50 bits per heavy atom. The van der Waals surface area contributed by atoms with Gasteiger partial charge in [0.25, 0.3) is 0 Å².